The first-order valence-electron chi connectivity index (χ1n) is 9.74. The minimum atomic E-state index is -0.517. The van der Waals surface area contributed by atoms with Crippen molar-refractivity contribution in [2.75, 3.05) is 0 Å². The molecule has 4 rings (SSSR count). The van der Waals surface area contributed by atoms with E-state index in [0.29, 0.717) is 11.3 Å². The molecule has 0 heterocycles. The number of hydrogen-bond acceptors (Lipinski definition) is 2. The maximum atomic E-state index is 10.5. The fourth-order valence-corrected chi connectivity index (χ4v) is 7.68. The molecule has 0 aliphatic heterocycles. The molecule has 4 aliphatic rings. The molecule has 0 amide bonds. The van der Waals surface area contributed by atoms with Crippen LogP contribution in [0.4, 0.5) is 0 Å². The summed E-state index contributed by atoms with van der Waals surface area (Å²) < 4.78 is 0. The predicted octanol–water partition coefficient (Wildman–Crippen LogP) is 4.00. The van der Waals surface area contributed by atoms with Gasteiger partial charge in [-0.25, -0.2) is 0 Å². The number of rotatable bonds is 0. The lowest BCUT2D eigenvalue weighted by Gasteiger charge is -2.63. The topological polar surface area (TPSA) is 40.5 Å². The van der Waals surface area contributed by atoms with Gasteiger partial charge in [-0.15, -0.1) is 0 Å². The predicted molar refractivity (Wildman–Crippen MR) is 88.3 cm³/mol. The Labute approximate surface area is 135 Å². The van der Waals surface area contributed by atoms with E-state index in [2.05, 4.69) is 20.8 Å². The molecule has 0 spiro atoms. The Morgan fingerprint density at radius 3 is 2.45 bits per heavy atom. The Morgan fingerprint density at radius 2 is 1.68 bits per heavy atom. The summed E-state index contributed by atoms with van der Waals surface area (Å²) >= 11 is 0. The smallest absolute Gasteiger partial charge is 0.0830 e. The van der Waals surface area contributed by atoms with E-state index in [4.69, 9.17) is 0 Å². The second-order valence-electron chi connectivity index (χ2n) is 9.68. The van der Waals surface area contributed by atoms with Gasteiger partial charge in [0.05, 0.1) is 12.2 Å². The molecule has 2 N–H and O–H groups in total. The van der Waals surface area contributed by atoms with Gasteiger partial charge in [0.25, 0.3) is 0 Å². The highest BCUT2D eigenvalue weighted by Gasteiger charge is 2.61. The van der Waals surface area contributed by atoms with E-state index < -0.39 is 12.2 Å². The molecule has 0 aromatic rings. The third kappa shape index (κ3) is 1.86. The zero-order valence-corrected chi connectivity index (χ0v) is 14.6. The minimum absolute atomic E-state index is 0.236. The van der Waals surface area contributed by atoms with Crippen molar-refractivity contribution in [3.05, 3.63) is 0 Å². The number of fused-ring (bicyclic) bond motifs is 5. The standard InChI is InChI=1S/C20H34O2/c1-12-18(22)17(21)11-13-6-7-14-15-5-4-9-19(15,2)10-8-16(14)20(12,13)3/h12-18,21-22H,4-11H2,1-3H3/t12?,13?,14-,15-,16+,17?,18?,19-,20-/m0/s1. The Bertz CT molecular complexity index is 445. The summed E-state index contributed by atoms with van der Waals surface area (Å²) in [6, 6.07) is 0. The van der Waals surface area contributed by atoms with Crippen molar-refractivity contribution >= 4 is 0 Å². The highest BCUT2D eigenvalue weighted by molar-refractivity contribution is 5.10. The normalized spacial score (nSPS) is 61.2. The fourth-order valence-electron chi connectivity index (χ4n) is 7.68. The van der Waals surface area contributed by atoms with Crippen LogP contribution in [0, 0.1) is 40.4 Å². The van der Waals surface area contributed by atoms with Crippen molar-refractivity contribution in [3.8, 4) is 0 Å². The van der Waals surface area contributed by atoms with Crippen molar-refractivity contribution in [1.29, 1.82) is 0 Å². The van der Waals surface area contributed by atoms with Crippen LogP contribution in [-0.4, -0.2) is 22.4 Å². The lowest BCUT2D eigenvalue weighted by atomic mass is 9.42. The van der Waals surface area contributed by atoms with Gasteiger partial charge in [-0.05, 0) is 85.4 Å². The molecule has 0 aromatic carbocycles. The summed E-state index contributed by atoms with van der Waals surface area (Å²) in [5, 5.41) is 20.8. The molecular formula is C20H34O2. The molecule has 4 saturated carbocycles. The third-order valence-corrected chi connectivity index (χ3v) is 9.16. The maximum Gasteiger partial charge on any atom is 0.0830 e. The lowest BCUT2D eigenvalue weighted by molar-refractivity contribution is -0.189. The second-order valence-corrected chi connectivity index (χ2v) is 9.68. The summed E-state index contributed by atoms with van der Waals surface area (Å²) in [5.41, 5.74) is 0.853. The van der Waals surface area contributed by atoms with Crippen LogP contribution in [0.2, 0.25) is 0 Å². The van der Waals surface area contributed by atoms with Gasteiger partial charge in [0.15, 0.2) is 0 Å². The molecule has 0 bridgehead atoms. The van der Waals surface area contributed by atoms with Crippen LogP contribution in [0.25, 0.3) is 0 Å². The van der Waals surface area contributed by atoms with Gasteiger partial charge in [0, 0.05) is 0 Å². The molecule has 22 heavy (non-hydrogen) atoms. The summed E-state index contributed by atoms with van der Waals surface area (Å²) in [6.07, 6.45) is 9.54. The molecule has 2 heteroatoms. The molecule has 0 saturated heterocycles. The molecule has 126 valence electrons. The van der Waals surface area contributed by atoms with Crippen LogP contribution in [0.15, 0.2) is 0 Å². The van der Waals surface area contributed by atoms with Crippen molar-refractivity contribution < 1.29 is 10.2 Å². The zero-order valence-electron chi connectivity index (χ0n) is 14.6. The van der Waals surface area contributed by atoms with E-state index in [0.717, 1.165) is 24.2 Å². The Kier molecular flexibility index (Phi) is 3.48. The van der Waals surface area contributed by atoms with E-state index >= 15 is 0 Å². The van der Waals surface area contributed by atoms with Crippen LogP contribution in [0.1, 0.15) is 72.1 Å². The van der Waals surface area contributed by atoms with Crippen LogP contribution in [-0.2, 0) is 0 Å². The first-order valence-corrected chi connectivity index (χ1v) is 9.74. The van der Waals surface area contributed by atoms with Crippen LogP contribution in [0.3, 0.4) is 0 Å². The van der Waals surface area contributed by atoms with Gasteiger partial charge in [-0.2, -0.15) is 0 Å². The van der Waals surface area contributed by atoms with E-state index in [1.807, 2.05) is 0 Å². The molecule has 0 aromatic heterocycles. The zero-order chi connectivity index (χ0) is 15.7. The maximum absolute atomic E-state index is 10.5. The van der Waals surface area contributed by atoms with E-state index in [1.54, 1.807) is 0 Å². The summed E-state index contributed by atoms with van der Waals surface area (Å²) in [7, 11) is 0. The Morgan fingerprint density at radius 1 is 0.909 bits per heavy atom. The van der Waals surface area contributed by atoms with Crippen LogP contribution < -0.4 is 0 Å². The summed E-state index contributed by atoms with van der Waals surface area (Å²) in [4.78, 5) is 0. The lowest BCUT2D eigenvalue weighted by Crippen LogP contribution is -2.60. The van der Waals surface area contributed by atoms with Gasteiger partial charge in [0.1, 0.15) is 0 Å². The largest absolute Gasteiger partial charge is 0.390 e. The highest BCUT2D eigenvalue weighted by atomic mass is 16.3. The van der Waals surface area contributed by atoms with Gasteiger partial charge < -0.3 is 10.2 Å². The number of aliphatic hydroxyl groups is 2. The van der Waals surface area contributed by atoms with E-state index in [1.165, 1.54) is 44.9 Å². The fraction of sp³-hybridized carbons (Fsp3) is 1.00. The quantitative estimate of drug-likeness (QED) is 0.710. The van der Waals surface area contributed by atoms with Crippen molar-refractivity contribution in [2.45, 2.75) is 84.3 Å². The van der Waals surface area contributed by atoms with Crippen molar-refractivity contribution in [1.82, 2.24) is 0 Å². The molecule has 0 radical (unpaired) electrons. The highest BCUT2D eigenvalue weighted by Crippen LogP contribution is 2.67. The monoisotopic (exact) mass is 306 g/mol. The van der Waals surface area contributed by atoms with Crippen LogP contribution in [0.5, 0.6) is 0 Å². The van der Waals surface area contributed by atoms with Crippen molar-refractivity contribution in [3.63, 3.8) is 0 Å². The Hall–Kier alpha value is -0.0800. The Balaban J connectivity index is 1.68. The second kappa shape index (κ2) is 4.96. The SMILES string of the molecule is CC1C(O)C(O)CC2CC[C@@H]3[C@@H](CC[C@]4(C)CCC[C@@H]34)[C@]21C. The van der Waals surface area contributed by atoms with E-state index in [-0.39, 0.29) is 11.3 Å². The molecule has 4 fully saturated rings. The average molecular weight is 306 g/mol. The van der Waals surface area contributed by atoms with E-state index in [9.17, 15) is 10.2 Å². The van der Waals surface area contributed by atoms with Crippen molar-refractivity contribution in [2.24, 2.45) is 40.4 Å². The molecule has 9 atom stereocenters. The minimum Gasteiger partial charge on any atom is -0.390 e. The molecule has 4 unspecified atom stereocenters. The number of aliphatic hydroxyl groups excluding tert-OH is 2. The first kappa shape index (κ1) is 15.4. The van der Waals surface area contributed by atoms with Gasteiger partial charge in [-0.3, -0.25) is 0 Å². The molecule has 2 nitrogen and oxygen atoms in total. The average Bonchev–Trinajstić information content (AvgIpc) is 2.89. The third-order valence-electron chi connectivity index (χ3n) is 9.16. The summed E-state index contributed by atoms with van der Waals surface area (Å²) in [5.74, 6) is 3.44. The van der Waals surface area contributed by atoms with Gasteiger partial charge in [-0.1, -0.05) is 27.2 Å². The van der Waals surface area contributed by atoms with Crippen LogP contribution >= 0.6 is 0 Å². The molecular weight excluding hydrogens is 272 g/mol. The summed E-state index contributed by atoms with van der Waals surface area (Å²) in [6.45, 7) is 7.23. The molecule has 4 aliphatic carbocycles. The van der Waals surface area contributed by atoms with Gasteiger partial charge >= 0.3 is 0 Å². The van der Waals surface area contributed by atoms with Gasteiger partial charge in [0.2, 0.25) is 0 Å². The first-order chi connectivity index (χ1) is 10.4. The number of hydrogen-bond donors (Lipinski definition) is 2.